The Hall–Kier alpha value is -1.12. The molecule has 0 saturated carbocycles. The van der Waals surface area contributed by atoms with Crippen molar-refractivity contribution in [3.8, 4) is 0 Å². The summed E-state index contributed by atoms with van der Waals surface area (Å²) in [5.41, 5.74) is 2.50. The van der Waals surface area contributed by atoms with Crippen molar-refractivity contribution in [1.29, 1.82) is 0 Å². The summed E-state index contributed by atoms with van der Waals surface area (Å²) in [7, 11) is 0. The van der Waals surface area contributed by atoms with Gasteiger partial charge in [0.1, 0.15) is 6.10 Å². The van der Waals surface area contributed by atoms with Gasteiger partial charge in [0, 0.05) is 0 Å². The van der Waals surface area contributed by atoms with E-state index < -0.39 is 0 Å². The number of allylic oxidation sites excluding steroid dienone is 1. The quantitative estimate of drug-likeness (QED) is 0.524. The van der Waals surface area contributed by atoms with Crippen LogP contribution in [-0.4, -0.2) is 19.3 Å². The van der Waals surface area contributed by atoms with Crippen LogP contribution in [0.5, 0.6) is 0 Å². The predicted molar refractivity (Wildman–Crippen MR) is 59.7 cm³/mol. The van der Waals surface area contributed by atoms with Gasteiger partial charge >= 0.3 is 0 Å². The Bertz CT molecular complexity index is 312. The van der Waals surface area contributed by atoms with Crippen molar-refractivity contribution in [3.05, 3.63) is 48.0 Å². The lowest BCUT2D eigenvalue weighted by Gasteiger charge is -2.03. The first kappa shape index (κ1) is 10.4. The zero-order valence-electron chi connectivity index (χ0n) is 8.82. The third-order valence-electron chi connectivity index (χ3n) is 2.38. The molecule has 2 nitrogen and oxygen atoms in total. The van der Waals surface area contributed by atoms with Gasteiger partial charge in [0.05, 0.1) is 19.8 Å². The number of rotatable bonds is 6. The SMILES string of the molecule is C=CCc1ccc(COCC2CO2)cc1. The lowest BCUT2D eigenvalue weighted by Crippen LogP contribution is -2.01. The van der Waals surface area contributed by atoms with Crippen LogP contribution >= 0.6 is 0 Å². The van der Waals surface area contributed by atoms with Crippen molar-refractivity contribution < 1.29 is 9.47 Å². The Morgan fingerprint density at radius 2 is 2.00 bits per heavy atom. The summed E-state index contributed by atoms with van der Waals surface area (Å²) in [6, 6.07) is 8.45. The fourth-order valence-electron chi connectivity index (χ4n) is 1.41. The van der Waals surface area contributed by atoms with Crippen LogP contribution in [0.4, 0.5) is 0 Å². The van der Waals surface area contributed by atoms with Gasteiger partial charge in [0.25, 0.3) is 0 Å². The molecule has 1 aliphatic heterocycles. The van der Waals surface area contributed by atoms with Gasteiger partial charge in [-0.05, 0) is 17.5 Å². The van der Waals surface area contributed by atoms with Crippen molar-refractivity contribution in [2.45, 2.75) is 19.1 Å². The van der Waals surface area contributed by atoms with E-state index in [2.05, 4.69) is 30.8 Å². The van der Waals surface area contributed by atoms with Crippen LogP contribution in [-0.2, 0) is 22.5 Å². The molecule has 1 unspecified atom stereocenters. The fourth-order valence-corrected chi connectivity index (χ4v) is 1.41. The molecule has 0 bridgehead atoms. The molecular formula is C13H16O2. The normalized spacial score (nSPS) is 18.8. The molecule has 0 amide bonds. The Labute approximate surface area is 90.5 Å². The highest BCUT2D eigenvalue weighted by Crippen LogP contribution is 2.11. The molecule has 1 fully saturated rings. The lowest BCUT2D eigenvalue weighted by molar-refractivity contribution is 0.104. The van der Waals surface area contributed by atoms with E-state index in [9.17, 15) is 0 Å². The molecule has 1 saturated heterocycles. The number of benzene rings is 1. The van der Waals surface area contributed by atoms with E-state index in [4.69, 9.17) is 9.47 Å². The molecule has 0 N–H and O–H groups in total. The van der Waals surface area contributed by atoms with Crippen molar-refractivity contribution in [2.75, 3.05) is 13.2 Å². The Kier molecular flexibility index (Phi) is 3.54. The minimum absolute atomic E-state index is 0.352. The van der Waals surface area contributed by atoms with Gasteiger partial charge in [0.15, 0.2) is 0 Å². The van der Waals surface area contributed by atoms with Crippen LogP contribution in [0.1, 0.15) is 11.1 Å². The van der Waals surface area contributed by atoms with E-state index in [1.807, 2.05) is 6.08 Å². The first-order chi connectivity index (χ1) is 7.38. The molecule has 2 rings (SSSR count). The highest BCUT2D eigenvalue weighted by molar-refractivity contribution is 5.23. The highest BCUT2D eigenvalue weighted by atomic mass is 16.6. The molecule has 2 heteroatoms. The average molecular weight is 204 g/mol. The van der Waals surface area contributed by atoms with Crippen molar-refractivity contribution in [3.63, 3.8) is 0 Å². The Morgan fingerprint density at radius 1 is 1.33 bits per heavy atom. The van der Waals surface area contributed by atoms with Crippen molar-refractivity contribution in [1.82, 2.24) is 0 Å². The van der Waals surface area contributed by atoms with Crippen LogP contribution in [0.3, 0.4) is 0 Å². The topological polar surface area (TPSA) is 21.8 Å². The molecule has 0 radical (unpaired) electrons. The lowest BCUT2D eigenvalue weighted by atomic mass is 10.1. The molecule has 1 aromatic carbocycles. The smallest absolute Gasteiger partial charge is 0.104 e. The molecule has 0 aliphatic carbocycles. The summed E-state index contributed by atoms with van der Waals surface area (Å²) >= 11 is 0. The molecule has 0 aromatic heterocycles. The second-order valence-corrected chi connectivity index (χ2v) is 3.78. The van der Waals surface area contributed by atoms with E-state index in [1.165, 1.54) is 11.1 Å². The maximum absolute atomic E-state index is 5.50. The number of ether oxygens (including phenoxy) is 2. The molecule has 1 aromatic rings. The zero-order chi connectivity index (χ0) is 10.5. The second-order valence-electron chi connectivity index (χ2n) is 3.78. The molecule has 1 atom stereocenters. The maximum atomic E-state index is 5.50. The standard InChI is InChI=1S/C13H16O2/c1-2-3-11-4-6-12(7-5-11)8-14-9-13-10-15-13/h2,4-7,13H,1,3,8-10H2. The van der Waals surface area contributed by atoms with Crippen LogP contribution < -0.4 is 0 Å². The van der Waals surface area contributed by atoms with Gasteiger partial charge < -0.3 is 9.47 Å². The Morgan fingerprint density at radius 3 is 2.60 bits per heavy atom. The molecule has 0 spiro atoms. The number of hydrogen-bond acceptors (Lipinski definition) is 2. The first-order valence-corrected chi connectivity index (χ1v) is 5.26. The van der Waals surface area contributed by atoms with Gasteiger partial charge in [-0.2, -0.15) is 0 Å². The Balaban J connectivity index is 1.77. The van der Waals surface area contributed by atoms with Crippen LogP contribution in [0.25, 0.3) is 0 Å². The summed E-state index contributed by atoms with van der Waals surface area (Å²) in [6.07, 6.45) is 3.19. The van der Waals surface area contributed by atoms with E-state index in [1.54, 1.807) is 0 Å². The van der Waals surface area contributed by atoms with Gasteiger partial charge in [-0.3, -0.25) is 0 Å². The molecular weight excluding hydrogens is 188 g/mol. The summed E-state index contributed by atoms with van der Waals surface area (Å²) in [5, 5.41) is 0. The summed E-state index contributed by atoms with van der Waals surface area (Å²) in [6.45, 7) is 5.97. The largest absolute Gasteiger partial charge is 0.374 e. The number of epoxide rings is 1. The van der Waals surface area contributed by atoms with E-state index in [-0.39, 0.29) is 0 Å². The summed E-state index contributed by atoms with van der Waals surface area (Å²) in [5.74, 6) is 0. The predicted octanol–water partition coefficient (Wildman–Crippen LogP) is 2.33. The van der Waals surface area contributed by atoms with Gasteiger partial charge in [-0.25, -0.2) is 0 Å². The van der Waals surface area contributed by atoms with Gasteiger partial charge in [0.2, 0.25) is 0 Å². The zero-order valence-corrected chi connectivity index (χ0v) is 8.82. The van der Waals surface area contributed by atoms with Crippen molar-refractivity contribution >= 4 is 0 Å². The highest BCUT2D eigenvalue weighted by Gasteiger charge is 2.22. The average Bonchev–Trinajstić information content (AvgIpc) is 3.05. The molecule has 80 valence electrons. The third kappa shape index (κ3) is 3.50. The van der Waals surface area contributed by atoms with Gasteiger partial charge in [-0.15, -0.1) is 6.58 Å². The second kappa shape index (κ2) is 5.10. The maximum Gasteiger partial charge on any atom is 0.104 e. The van der Waals surface area contributed by atoms with Gasteiger partial charge in [-0.1, -0.05) is 30.3 Å². The van der Waals surface area contributed by atoms with Crippen LogP contribution in [0.15, 0.2) is 36.9 Å². The molecule has 15 heavy (non-hydrogen) atoms. The van der Waals surface area contributed by atoms with Crippen molar-refractivity contribution in [2.24, 2.45) is 0 Å². The molecule has 1 heterocycles. The van der Waals surface area contributed by atoms with E-state index in [0.29, 0.717) is 19.3 Å². The number of hydrogen-bond donors (Lipinski definition) is 0. The summed E-state index contributed by atoms with van der Waals surface area (Å²) < 4.78 is 10.6. The monoisotopic (exact) mass is 204 g/mol. The summed E-state index contributed by atoms with van der Waals surface area (Å²) in [4.78, 5) is 0. The van der Waals surface area contributed by atoms with E-state index in [0.717, 1.165) is 13.0 Å². The van der Waals surface area contributed by atoms with E-state index >= 15 is 0 Å². The van der Waals surface area contributed by atoms with Crippen LogP contribution in [0, 0.1) is 0 Å². The fraction of sp³-hybridized carbons (Fsp3) is 0.385. The third-order valence-corrected chi connectivity index (χ3v) is 2.38. The molecule has 1 aliphatic rings. The minimum atomic E-state index is 0.352. The van der Waals surface area contributed by atoms with Crippen LogP contribution in [0.2, 0.25) is 0 Å². The first-order valence-electron chi connectivity index (χ1n) is 5.26. The minimum Gasteiger partial charge on any atom is -0.374 e.